The zero-order valence-corrected chi connectivity index (χ0v) is 12.8. The van der Waals surface area contributed by atoms with Crippen molar-refractivity contribution in [3.8, 4) is 16.3 Å². The summed E-state index contributed by atoms with van der Waals surface area (Å²) in [5.74, 6) is 0.858. The number of aryl methyl sites for hydroxylation is 1. The second-order valence-corrected chi connectivity index (χ2v) is 5.75. The fraction of sp³-hybridized carbons (Fsp3) is 0.188. The molecule has 3 rings (SSSR count). The maximum absolute atomic E-state index is 5.41. The van der Waals surface area contributed by atoms with E-state index in [4.69, 9.17) is 4.74 Å². The Bertz CT molecular complexity index is 719. The van der Waals surface area contributed by atoms with Gasteiger partial charge in [0.25, 0.3) is 0 Å². The van der Waals surface area contributed by atoms with E-state index in [-0.39, 0.29) is 0 Å². The highest BCUT2D eigenvalue weighted by atomic mass is 32.1. The summed E-state index contributed by atoms with van der Waals surface area (Å²) >= 11 is 1.70. The van der Waals surface area contributed by atoms with Gasteiger partial charge in [-0.15, -0.1) is 11.3 Å². The van der Waals surface area contributed by atoms with Crippen LogP contribution in [-0.4, -0.2) is 17.3 Å². The molecule has 0 bridgehead atoms. The van der Waals surface area contributed by atoms with Gasteiger partial charge in [-0.25, -0.2) is 0 Å². The molecule has 4 nitrogen and oxygen atoms in total. The Morgan fingerprint density at radius 3 is 3.00 bits per heavy atom. The van der Waals surface area contributed by atoms with E-state index in [1.54, 1.807) is 18.4 Å². The van der Waals surface area contributed by atoms with Gasteiger partial charge in [0, 0.05) is 12.1 Å². The third-order valence-electron chi connectivity index (χ3n) is 3.31. The summed E-state index contributed by atoms with van der Waals surface area (Å²) in [4.78, 5) is 1.19. The maximum Gasteiger partial charge on any atom is 0.142 e. The first kappa shape index (κ1) is 13.7. The molecular weight excluding hydrogens is 282 g/mol. The van der Waals surface area contributed by atoms with Crippen LogP contribution >= 0.6 is 11.3 Å². The number of benzene rings is 1. The number of nitrogens with one attached hydrogen (secondary N) is 2. The van der Waals surface area contributed by atoms with Gasteiger partial charge in [0.15, 0.2) is 0 Å². The Hall–Kier alpha value is -2.27. The fourth-order valence-corrected chi connectivity index (χ4v) is 2.97. The summed E-state index contributed by atoms with van der Waals surface area (Å²) in [6.07, 6.45) is 1.86. The van der Waals surface area contributed by atoms with Gasteiger partial charge in [0.05, 0.1) is 29.6 Å². The summed E-state index contributed by atoms with van der Waals surface area (Å²) < 4.78 is 5.41. The van der Waals surface area contributed by atoms with Crippen molar-refractivity contribution in [1.29, 1.82) is 0 Å². The van der Waals surface area contributed by atoms with Gasteiger partial charge in [-0.1, -0.05) is 12.1 Å². The lowest BCUT2D eigenvalue weighted by molar-refractivity contribution is 0.416. The molecule has 0 radical (unpaired) electrons. The third kappa shape index (κ3) is 2.92. The van der Waals surface area contributed by atoms with Crippen LogP contribution in [0.5, 0.6) is 5.75 Å². The Morgan fingerprint density at radius 2 is 2.24 bits per heavy atom. The van der Waals surface area contributed by atoms with Gasteiger partial charge < -0.3 is 10.1 Å². The van der Waals surface area contributed by atoms with E-state index in [1.807, 2.05) is 24.4 Å². The predicted molar refractivity (Wildman–Crippen MR) is 87.0 cm³/mol. The van der Waals surface area contributed by atoms with Crippen LogP contribution < -0.4 is 10.1 Å². The van der Waals surface area contributed by atoms with E-state index >= 15 is 0 Å². The average Bonchev–Trinajstić information content (AvgIpc) is 3.16. The molecule has 0 amide bonds. The molecule has 0 saturated carbocycles. The quantitative estimate of drug-likeness (QED) is 0.746. The highest BCUT2D eigenvalue weighted by molar-refractivity contribution is 7.13. The van der Waals surface area contributed by atoms with E-state index in [9.17, 15) is 0 Å². The van der Waals surface area contributed by atoms with Gasteiger partial charge in [-0.3, -0.25) is 5.10 Å². The third-order valence-corrected chi connectivity index (χ3v) is 4.20. The summed E-state index contributed by atoms with van der Waals surface area (Å²) in [5.41, 5.74) is 4.38. The Morgan fingerprint density at radius 1 is 1.33 bits per heavy atom. The van der Waals surface area contributed by atoms with Crippen molar-refractivity contribution in [3.63, 3.8) is 0 Å². The molecule has 2 aromatic heterocycles. The first-order valence-electron chi connectivity index (χ1n) is 6.72. The number of aromatic nitrogens is 2. The minimum atomic E-state index is 0.698. The number of hydrogen-bond donors (Lipinski definition) is 2. The molecule has 2 heterocycles. The molecule has 0 aliphatic heterocycles. The van der Waals surface area contributed by atoms with Crippen LogP contribution in [0.15, 0.2) is 41.9 Å². The number of hydrogen-bond acceptors (Lipinski definition) is 4. The highest BCUT2D eigenvalue weighted by Gasteiger charge is 2.09. The van der Waals surface area contributed by atoms with Crippen molar-refractivity contribution in [1.82, 2.24) is 10.2 Å². The molecular formula is C16H17N3OS. The standard InChI is InChI=1S/C16H17N3OS/c1-11-5-6-13(14(8-11)20-2)17-9-12-10-18-19-16(12)15-4-3-7-21-15/h3-8,10,17H,9H2,1-2H3,(H,18,19). The molecule has 0 spiro atoms. The molecule has 108 valence electrons. The van der Waals surface area contributed by atoms with E-state index in [1.165, 1.54) is 10.4 Å². The molecule has 2 N–H and O–H groups in total. The van der Waals surface area contributed by atoms with Crippen LogP contribution in [0.1, 0.15) is 11.1 Å². The predicted octanol–water partition coefficient (Wildman–Crippen LogP) is 4.07. The normalized spacial score (nSPS) is 10.6. The molecule has 0 atom stereocenters. The van der Waals surface area contributed by atoms with Gasteiger partial charge in [0.2, 0.25) is 0 Å². The Kier molecular flexibility index (Phi) is 3.92. The molecule has 3 aromatic rings. The summed E-state index contributed by atoms with van der Waals surface area (Å²) in [6, 6.07) is 10.3. The van der Waals surface area contributed by atoms with Gasteiger partial charge in [-0.05, 0) is 36.1 Å². The van der Waals surface area contributed by atoms with Crippen LogP contribution in [0, 0.1) is 6.92 Å². The van der Waals surface area contributed by atoms with Crippen molar-refractivity contribution in [3.05, 3.63) is 53.0 Å². The van der Waals surface area contributed by atoms with Crippen molar-refractivity contribution in [2.75, 3.05) is 12.4 Å². The summed E-state index contributed by atoms with van der Waals surface area (Å²) in [7, 11) is 1.69. The topological polar surface area (TPSA) is 49.9 Å². The number of thiophene rings is 1. The largest absolute Gasteiger partial charge is 0.495 e. The molecule has 0 unspecified atom stereocenters. The molecule has 21 heavy (non-hydrogen) atoms. The number of aromatic amines is 1. The molecule has 1 aromatic carbocycles. The SMILES string of the molecule is COc1cc(C)ccc1NCc1cn[nH]c1-c1cccs1. The first-order chi connectivity index (χ1) is 10.3. The second kappa shape index (κ2) is 6.01. The van der Waals surface area contributed by atoms with E-state index in [0.717, 1.165) is 22.7 Å². The lowest BCUT2D eigenvalue weighted by Gasteiger charge is -2.11. The summed E-state index contributed by atoms with van der Waals surface area (Å²) in [5, 5.41) is 12.7. The number of rotatable bonds is 5. The maximum atomic E-state index is 5.41. The zero-order valence-electron chi connectivity index (χ0n) is 12.0. The number of methoxy groups -OCH3 is 1. The number of ether oxygens (including phenoxy) is 1. The molecule has 0 aliphatic rings. The van der Waals surface area contributed by atoms with E-state index in [0.29, 0.717) is 6.54 Å². The van der Waals surface area contributed by atoms with E-state index < -0.39 is 0 Å². The van der Waals surface area contributed by atoms with Crippen molar-refractivity contribution in [2.24, 2.45) is 0 Å². The van der Waals surface area contributed by atoms with Crippen molar-refractivity contribution < 1.29 is 4.74 Å². The lowest BCUT2D eigenvalue weighted by atomic mass is 10.2. The average molecular weight is 299 g/mol. The minimum Gasteiger partial charge on any atom is -0.495 e. The highest BCUT2D eigenvalue weighted by Crippen LogP contribution is 2.29. The monoisotopic (exact) mass is 299 g/mol. The molecule has 0 fully saturated rings. The Balaban J connectivity index is 1.79. The summed E-state index contributed by atoms with van der Waals surface area (Å²) in [6.45, 7) is 2.75. The van der Waals surface area contributed by atoms with Gasteiger partial charge in [-0.2, -0.15) is 5.10 Å². The lowest BCUT2D eigenvalue weighted by Crippen LogP contribution is -2.01. The minimum absolute atomic E-state index is 0.698. The fourth-order valence-electron chi connectivity index (χ4n) is 2.21. The van der Waals surface area contributed by atoms with Crippen molar-refractivity contribution >= 4 is 17.0 Å². The molecule has 5 heteroatoms. The smallest absolute Gasteiger partial charge is 0.142 e. The van der Waals surface area contributed by atoms with E-state index in [2.05, 4.69) is 40.0 Å². The van der Waals surface area contributed by atoms with Gasteiger partial charge in [0.1, 0.15) is 5.75 Å². The second-order valence-electron chi connectivity index (χ2n) is 4.80. The zero-order chi connectivity index (χ0) is 14.7. The van der Waals surface area contributed by atoms with Crippen LogP contribution in [0.2, 0.25) is 0 Å². The van der Waals surface area contributed by atoms with Crippen molar-refractivity contribution in [2.45, 2.75) is 13.5 Å². The van der Waals surface area contributed by atoms with Crippen LogP contribution in [0.25, 0.3) is 10.6 Å². The Labute approximate surface area is 127 Å². The van der Waals surface area contributed by atoms with Crippen LogP contribution in [-0.2, 0) is 6.54 Å². The first-order valence-corrected chi connectivity index (χ1v) is 7.60. The molecule has 0 saturated heterocycles. The van der Waals surface area contributed by atoms with Crippen LogP contribution in [0.3, 0.4) is 0 Å². The number of H-pyrrole nitrogens is 1. The van der Waals surface area contributed by atoms with Gasteiger partial charge >= 0.3 is 0 Å². The molecule has 0 aliphatic carbocycles. The number of anilines is 1. The number of nitrogens with zero attached hydrogens (tertiary/aromatic N) is 1. The van der Waals surface area contributed by atoms with Crippen LogP contribution in [0.4, 0.5) is 5.69 Å².